The van der Waals surface area contributed by atoms with E-state index in [9.17, 15) is 13.2 Å². The lowest BCUT2D eigenvalue weighted by Gasteiger charge is -2.11. The zero-order valence-electron chi connectivity index (χ0n) is 9.91. The first-order chi connectivity index (χ1) is 8.38. The minimum Gasteiger partial charge on any atom is -0.481 e. The summed E-state index contributed by atoms with van der Waals surface area (Å²) in [5, 5.41) is 8.82. The van der Waals surface area contributed by atoms with E-state index >= 15 is 0 Å². The Morgan fingerprint density at radius 2 is 2.28 bits per heavy atom. The van der Waals surface area contributed by atoms with Crippen molar-refractivity contribution in [2.45, 2.75) is 30.3 Å². The zero-order chi connectivity index (χ0) is 13.3. The van der Waals surface area contributed by atoms with Crippen LogP contribution < -0.4 is 4.72 Å². The van der Waals surface area contributed by atoms with Gasteiger partial charge in [-0.2, -0.15) is 0 Å². The molecule has 2 atom stereocenters. The summed E-state index contributed by atoms with van der Waals surface area (Å²) in [5.74, 6) is -1.32. The molecule has 0 aliphatic heterocycles. The van der Waals surface area contributed by atoms with Crippen molar-refractivity contribution in [3.8, 4) is 0 Å². The molecule has 0 saturated heterocycles. The van der Waals surface area contributed by atoms with Gasteiger partial charge >= 0.3 is 5.97 Å². The molecule has 1 saturated carbocycles. The number of carboxylic acid groups (broad SMARTS) is 1. The Balaban J connectivity index is 2.04. The SMILES string of the molecule is Cn1cnc(S(=O)(=O)NC2CCC(C(=O)O)C2)c1. The average molecular weight is 273 g/mol. The highest BCUT2D eigenvalue weighted by molar-refractivity contribution is 7.89. The summed E-state index contributed by atoms with van der Waals surface area (Å²) in [7, 11) is -1.96. The Labute approximate surface area is 105 Å². The summed E-state index contributed by atoms with van der Waals surface area (Å²) in [4.78, 5) is 14.6. The molecule has 0 aromatic carbocycles. The molecular weight excluding hydrogens is 258 g/mol. The predicted octanol–water partition coefficient (Wildman–Crippen LogP) is -0.0483. The van der Waals surface area contributed by atoms with E-state index in [4.69, 9.17) is 5.11 Å². The van der Waals surface area contributed by atoms with Crippen LogP contribution in [0.1, 0.15) is 19.3 Å². The standard InChI is InChI=1S/C10H15N3O4S/c1-13-5-9(11-6-13)18(16,17)12-8-3-2-7(4-8)10(14)15/h5-8,12H,2-4H2,1H3,(H,14,15). The maximum Gasteiger partial charge on any atom is 0.306 e. The van der Waals surface area contributed by atoms with Gasteiger partial charge in [0.2, 0.25) is 0 Å². The molecule has 7 nitrogen and oxygen atoms in total. The Bertz CT molecular complexity index is 551. The molecular formula is C10H15N3O4S. The maximum atomic E-state index is 11.9. The fourth-order valence-electron chi connectivity index (χ4n) is 2.12. The van der Waals surface area contributed by atoms with Crippen molar-refractivity contribution in [2.24, 2.45) is 13.0 Å². The average Bonchev–Trinajstić information content (AvgIpc) is 2.86. The Hall–Kier alpha value is -1.41. The number of hydrogen-bond acceptors (Lipinski definition) is 4. The lowest BCUT2D eigenvalue weighted by Crippen LogP contribution is -2.33. The number of aromatic nitrogens is 2. The monoisotopic (exact) mass is 273 g/mol. The first kappa shape index (κ1) is 13.0. The molecule has 2 unspecified atom stereocenters. The van der Waals surface area contributed by atoms with E-state index in [2.05, 4.69) is 9.71 Å². The largest absolute Gasteiger partial charge is 0.481 e. The number of hydrogen-bond donors (Lipinski definition) is 2. The summed E-state index contributed by atoms with van der Waals surface area (Å²) in [6.07, 6.45) is 4.20. The fraction of sp³-hybridized carbons (Fsp3) is 0.600. The minimum atomic E-state index is -3.65. The van der Waals surface area contributed by atoms with Crippen LogP contribution in [0.15, 0.2) is 17.6 Å². The molecule has 1 fully saturated rings. The summed E-state index contributed by atoms with van der Waals surface area (Å²) in [5.41, 5.74) is 0. The Morgan fingerprint density at radius 1 is 1.56 bits per heavy atom. The van der Waals surface area contributed by atoms with Crippen molar-refractivity contribution in [1.29, 1.82) is 0 Å². The van der Waals surface area contributed by atoms with Gasteiger partial charge in [-0.25, -0.2) is 18.1 Å². The first-order valence-corrected chi connectivity index (χ1v) is 7.10. The van der Waals surface area contributed by atoms with E-state index in [1.807, 2.05) is 0 Å². The van der Waals surface area contributed by atoms with E-state index in [1.54, 1.807) is 11.6 Å². The Kier molecular flexibility index (Phi) is 3.40. The summed E-state index contributed by atoms with van der Waals surface area (Å²) in [6, 6.07) is -0.321. The van der Waals surface area contributed by atoms with Crippen LogP contribution in [0.5, 0.6) is 0 Å². The molecule has 8 heteroatoms. The number of carbonyl (C=O) groups is 1. The van der Waals surface area contributed by atoms with E-state index < -0.39 is 21.9 Å². The van der Waals surface area contributed by atoms with E-state index in [0.29, 0.717) is 19.3 Å². The van der Waals surface area contributed by atoms with Crippen LogP contribution in [0, 0.1) is 5.92 Å². The maximum absolute atomic E-state index is 11.9. The highest BCUT2D eigenvalue weighted by atomic mass is 32.2. The van der Waals surface area contributed by atoms with Crippen molar-refractivity contribution in [1.82, 2.24) is 14.3 Å². The molecule has 1 aliphatic rings. The van der Waals surface area contributed by atoms with Gasteiger partial charge in [0.25, 0.3) is 10.0 Å². The lowest BCUT2D eigenvalue weighted by atomic mass is 10.1. The molecule has 0 spiro atoms. The van der Waals surface area contributed by atoms with Crippen molar-refractivity contribution < 1.29 is 18.3 Å². The third-order valence-corrected chi connectivity index (χ3v) is 4.47. The van der Waals surface area contributed by atoms with Gasteiger partial charge in [0.15, 0.2) is 5.03 Å². The number of nitrogens with zero attached hydrogens (tertiary/aromatic N) is 2. The lowest BCUT2D eigenvalue weighted by molar-refractivity contribution is -0.141. The normalized spacial score (nSPS) is 24.3. The van der Waals surface area contributed by atoms with Crippen molar-refractivity contribution >= 4 is 16.0 Å². The second-order valence-corrected chi connectivity index (χ2v) is 6.20. The van der Waals surface area contributed by atoms with Gasteiger partial charge in [-0.1, -0.05) is 0 Å². The smallest absolute Gasteiger partial charge is 0.306 e. The summed E-state index contributed by atoms with van der Waals surface area (Å²) < 4.78 is 27.9. The van der Waals surface area contributed by atoms with Gasteiger partial charge in [-0.15, -0.1) is 0 Å². The second kappa shape index (κ2) is 4.69. The summed E-state index contributed by atoms with van der Waals surface area (Å²) in [6.45, 7) is 0. The number of aryl methyl sites for hydroxylation is 1. The quantitative estimate of drug-likeness (QED) is 0.801. The van der Waals surface area contributed by atoms with Crippen LogP contribution >= 0.6 is 0 Å². The topological polar surface area (TPSA) is 101 Å². The molecule has 1 aliphatic carbocycles. The van der Waals surface area contributed by atoms with Gasteiger partial charge < -0.3 is 9.67 Å². The highest BCUT2D eigenvalue weighted by Gasteiger charge is 2.32. The van der Waals surface area contributed by atoms with Crippen LogP contribution in [0.25, 0.3) is 0 Å². The third kappa shape index (κ3) is 2.70. The minimum absolute atomic E-state index is 0.0382. The van der Waals surface area contributed by atoms with E-state index in [0.717, 1.165) is 0 Å². The van der Waals surface area contributed by atoms with Crippen LogP contribution in [-0.2, 0) is 21.9 Å². The van der Waals surface area contributed by atoms with Gasteiger partial charge in [0.05, 0.1) is 12.2 Å². The molecule has 2 rings (SSSR count). The third-order valence-electron chi connectivity index (χ3n) is 3.06. The predicted molar refractivity (Wildman–Crippen MR) is 62.3 cm³/mol. The molecule has 2 N–H and O–H groups in total. The number of nitrogens with one attached hydrogen (secondary N) is 1. The number of imidazole rings is 1. The fourth-order valence-corrected chi connectivity index (χ4v) is 3.38. The summed E-state index contributed by atoms with van der Waals surface area (Å²) >= 11 is 0. The van der Waals surface area contributed by atoms with Gasteiger partial charge in [-0.05, 0) is 19.3 Å². The molecule has 1 aromatic rings. The zero-order valence-corrected chi connectivity index (χ0v) is 10.7. The van der Waals surface area contributed by atoms with E-state index in [1.165, 1.54) is 12.5 Å². The van der Waals surface area contributed by atoms with Crippen LogP contribution in [0.4, 0.5) is 0 Å². The molecule has 18 heavy (non-hydrogen) atoms. The van der Waals surface area contributed by atoms with Crippen LogP contribution in [0.3, 0.4) is 0 Å². The van der Waals surface area contributed by atoms with Gasteiger partial charge in [0.1, 0.15) is 0 Å². The molecule has 0 radical (unpaired) electrons. The van der Waals surface area contributed by atoms with Crippen LogP contribution in [0.2, 0.25) is 0 Å². The molecule has 1 heterocycles. The second-order valence-electron chi connectivity index (χ2n) is 4.54. The number of sulfonamides is 1. The molecule has 1 aromatic heterocycles. The number of rotatable bonds is 4. The van der Waals surface area contributed by atoms with Crippen molar-refractivity contribution in [3.05, 3.63) is 12.5 Å². The van der Waals surface area contributed by atoms with E-state index in [-0.39, 0.29) is 11.1 Å². The molecule has 100 valence electrons. The van der Waals surface area contributed by atoms with Crippen LogP contribution in [-0.4, -0.2) is 35.1 Å². The molecule has 0 bridgehead atoms. The molecule has 0 amide bonds. The van der Waals surface area contributed by atoms with Gasteiger partial charge in [0, 0.05) is 19.3 Å². The van der Waals surface area contributed by atoms with Gasteiger partial charge in [-0.3, -0.25) is 4.79 Å². The number of aliphatic carboxylic acids is 1. The highest BCUT2D eigenvalue weighted by Crippen LogP contribution is 2.26. The van der Waals surface area contributed by atoms with Crippen molar-refractivity contribution in [3.63, 3.8) is 0 Å². The van der Waals surface area contributed by atoms with Crippen molar-refractivity contribution in [2.75, 3.05) is 0 Å². The number of carboxylic acids is 1. The first-order valence-electron chi connectivity index (χ1n) is 5.61. The Morgan fingerprint density at radius 3 is 2.78 bits per heavy atom.